The van der Waals surface area contributed by atoms with Crippen molar-refractivity contribution in [2.75, 3.05) is 0 Å². The molecule has 0 aromatic heterocycles. The number of hydrogen-bond donors (Lipinski definition) is 0. The van der Waals surface area contributed by atoms with Gasteiger partial charge < -0.3 is 4.79 Å². The minimum absolute atomic E-state index is 0.0827. The van der Waals surface area contributed by atoms with Gasteiger partial charge in [0.25, 0.3) is 0 Å². The van der Waals surface area contributed by atoms with Crippen LogP contribution in [-0.4, -0.2) is 10.2 Å². The first-order valence-corrected chi connectivity index (χ1v) is 4.68. The van der Waals surface area contributed by atoms with Crippen LogP contribution in [0.5, 0.6) is 0 Å². The zero-order chi connectivity index (χ0) is 7.61. The maximum atomic E-state index is 10.6. The quantitative estimate of drug-likeness (QED) is 0.302. The van der Waals surface area contributed by atoms with Crippen LogP contribution in [0.25, 0.3) is 0 Å². The second kappa shape index (κ2) is 3.03. The lowest BCUT2D eigenvalue weighted by Gasteiger charge is -2.26. The molecule has 56 valence electrons. The monoisotopic (exact) mass is 250 g/mol. The molecule has 2 heteroatoms. The predicted octanol–water partition coefficient (Wildman–Crippen LogP) is 2.35. The maximum Gasteiger partial charge on any atom is 0.126 e. The van der Waals surface area contributed by atoms with Crippen LogP contribution in [0.1, 0.15) is 19.8 Å². The van der Waals surface area contributed by atoms with Crippen LogP contribution in [0.2, 0.25) is 0 Å². The molecule has 10 heavy (non-hydrogen) atoms. The first kappa shape index (κ1) is 8.24. The topological polar surface area (TPSA) is 17.1 Å². The lowest BCUT2D eigenvalue weighted by atomic mass is 9.80. The average Bonchev–Trinajstić information content (AvgIpc) is 1.88. The van der Waals surface area contributed by atoms with Gasteiger partial charge in [-0.15, -0.1) is 0 Å². The number of allylic oxidation sites excluding steroid dienone is 2. The fourth-order valence-corrected chi connectivity index (χ4v) is 2.48. The standard InChI is InChI=1S/C8H11IO/c1-8(6-10)4-2-3-7(9)5-8/h2-3,6-7H,4-5H2,1H3. The Hall–Kier alpha value is 0.140. The first-order valence-electron chi connectivity index (χ1n) is 3.43. The van der Waals surface area contributed by atoms with Crippen molar-refractivity contribution in [1.29, 1.82) is 0 Å². The molecule has 1 aliphatic rings. The Labute approximate surface area is 75.0 Å². The molecule has 0 aromatic rings. The zero-order valence-electron chi connectivity index (χ0n) is 6.01. The molecule has 0 aliphatic heterocycles. The number of carbonyl (C=O) groups is 1. The highest BCUT2D eigenvalue weighted by atomic mass is 127. The molecule has 0 aromatic carbocycles. The van der Waals surface area contributed by atoms with Crippen molar-refractivity contribution in [3.8, 4) is 0 Å². The Balaban J connectivity index is 2.67. The summed E-state index contributed by atoms with van der Waals surface area (Å²) in [5.74, 6) is 0. The molecule has 0 saturated heterocycles. The van der Waals surface area contributed by atoms with Gasteiger partial charge in [-0.1, -0.05) is 41.7 Å². The third-order valence-electron chi connectivity index (χ3n) is 1.87. The van der Waals surface area contributed by atoms with Crippen molar-refractivity contribution in [1.82, 2.24) is 0 Å². The summed E-state index contributed by atoms with van der Waals surface area (Å²) in [6.45, 7) is 2.02. The van der Waals surface area contributed by atoms with Crippen LogP contribution >= 0.6 is 22.6 Å². The second-order valence-electron chi connectivity index (χ2n) is 3.12. The second-order valence-corrected chi connectivity index (χ2v) is 4.72. The normalized spacial score (nSPS) is 39.6. The number of rotatable bonds is 1. The van der Waals surface area contributed by atoms with E-state index in [1.54, 1.807) is 0 Å². The summed E-state index contributed by atoms with van der Waals surface area (Å²) in [5, 5.41) is 0. The Morgan fingerprint density at radius 3 is 2.90 bits per heavy atom. The van der Waals surface area contributed by atoms with E-state index in [4.69, 9.17) is 0 Å². The number of carbonyl (C=O) groups excluding carboxylic acids is 1. The highest BCUT2D eigenvalue weighted by Gasteiger charge is 2.27. The molecule has 1 aliphatic carbocycles. The Kier molecular flexibility index (Phi) is 2.50. The Bertz CT molecular complexity index is 165. The van der Waals surface area contributed by atoms with Crippen LogP contribution in [0.4, 0.5) is 0 Å². The van der Waals surface area contributed by atoms with Crippen LogP contribution in [0.15, 0.2) is 12.2 Å². The molecule has 0 amide bonds. The Morgan fingerprint density at radius 2 is 2.50 bits per heavy atom. The molecule has 0 spiro atoms. The van der Waals surface area contributed by atoms with E-state index in [0.717, 1.165) is 19.1 Å². The van der Waals surface area contributed by atoms with Crippen LogP contribution in [0, 0.1) is 5.41 Å². The average molecular weight is 250 g/mol. The smallest absolute Gasteiger partial charge is 0.126 e. The van der Waals surface area contributed by atoms with Crippen molar-refractivity contribution in [2.24, 2.45) is 5.41 Å². The summed E-state index contributed by atoms with van der Waals surface area (Å²) in [7, 11) is 0. The molecular weight excluding hydrogens is 239 g/mol. The van der Waals surface area contributed by atoms with E-state index in [0.29, 0.717) is 3.92 Å². The molecule has 0 N–H and O–H groups in total. The number of halogens is 1. The van der Waals surface area contributed by atoms with Crippen molar-refractivity contribution in [3.05, 3.63) is 12.2 Å². The fraction of sp³-hybridized carbons (Fsp3) is 0.625. The third kappa shape index (κ3) is 1.81. The van der Waals surface area contributed by atoms with Gasteiger partial charge in [0.2, 0.25) is 0 Å². The van der Waals surface area contributed by atoms with Crippen LogP contribution < -0.4 is 0 Å². The number of aldehydes is 1. The van der Waals surface area contributed by atoms with E-state index >= 15 is 0 Å². The molecule has 1 rings (SSSR count). The van der Waals surface area contributed by atoms with E-state index in [-0.39, 0.29) is 5.41 Å². The molecule has 0 saturated carbocycles. The Morgan fingerprint density at radius 1 is 1.80 bits per heavy atom. The molecule has 1 nitrogen and oxygen atoms in total. The van der Waals surface area contributed by atoms with Gasteiger partial charge in [0.05, 0.1) is 0 Å². The SMILES string of the molecule is CC1(C=O)CC=CC(I)C1. The van der Waals surface area contributed by atoms with E-state index < -0.39 is 0 Å². The van der Waals surface area contributed by atoms with Crippen LogP contribution in [0.3, 0.4) is 0 Å². The fourth-order valence-electron chi connectivity index (χ4n) is 1.18. The summed E-state index contributed by atoms with van der Waals surface area (Å²) in [5.41, 5.74) is -0.0827. The number of alkyl halides is 1. The minimum atomic E-state index is -0.0827. The number of hydrogen-bond acceptors (Lipinski definition) is 1. The highest BCUT2D eigenvalue weighted by molar-refractivity contribution is 14.1. The molecule has 0 heterocycles. The summed E-state index contributed by atoms with van der Waals surface area (Å²) in [6, 6.07) is 0. The van der Waals surface area contributed by atoms with E-state index in [2.05, 4.69) is 34.7 Å². The third-order valence-corrected chi connectivity index (χ3v) is 2.73. The minimum Gasteiger partial charge on any atom is -0.303 e. The van der Waals surface area contributed by atoms with E-state index in [1.807, 2.05) is 6.92 Å². The first-order chi connectivity index (χ1) is 4.66. The lowest BCUT2D eigenvalue weighted by molar-refractivity contribution is -0.115. The molecule has 2 atom stereocenters. The molecule has 0 fully saturated rings. The van der Waals surface area contributed by atoms with Gasteiger partial charge >= 0.3 is 0 Å². The van der Waals surface area contributed by atoms with Crippen molar-refractivity contribution < 1.29 is 4.79 Å². The largest absolute Gasteiger partial charge is 0.303 e. The van der Waals surface area contributed by atoms with Crippen molar-refractivity contribution in [3.63, 3.8) is 0 Å². The molecule has 2 unspecified atom stereocenters. The van der Waals surface area contributed by atoms with Crippen LogP contribution in [-0.2, 0) is 4.79 Å². The zero-order valence-corrected chi connectivity index (χ0v) is 8.17. The summed E-state index contributed by atoms with van der Waals surface area (Å²) < 4.78 is 0.543. The molecular formula is C8H11IO. The highest BCUT2D eigenvalue weighted by Crippen LogP contribution is 2.32. The lowest BCUT2D eigenvalue weighted by Crippen LogP contribution is -2.23. The molecule has 0 radical (unpaired) electrons. The van der Waals surface area contributed by atoms with Gasteiger partial charge in [0, 0.05) is 9.34 Å². The summed E-state index contributed by atoms with van der Waals surface area (Å²) in [6.07, 6.45) is 7.27. The van der Waals surface area contributed by atoms with Gasteiger partial charge in [0.15, 0.2) is 0 Å². The van der Waals surface area contributed by atoms with Gasteiger partial charge in [0.1, 0.15) is 6.29 Å². The summed E-state index contributed by atoms with van der Waals surface area (Å²) in [4.78, 5) is 10.6. The van der Waals surface area contributed by atoms with Crippen molar-refractivity contribution in [2.45, 2.75) is 23.7 Å². The summed E-state index contributed by atoms with van der Waals surface area (Å²) >= 11 is 2.36. The van der Waals surface area contributed by atoms with Crippen molar-refractivity contribution >= 4 is 28.9 Å². The van der Waals surface area contributed by atoms with E-state index in [1.165, 1.54) is 0 Å². The maximum absolute atomic E-state index is 10.6. The predicted molar refractivity (Wildman–Crippen MR) is 50.4 cm³/mol. The van der Waals surface area contributed by atoms with Gasteiger partial charge in [-0.3, -0.25) is 0 Å². The van der Waals surface area contributed by atoms with Gasteiger partial charge in [-0.25, -0.2) is 0 Å². The van der Waals surface area contributed by atoms with E-state index in [9.17, 15) is 4.79 Å². The van der Waals surface area contributed by atoms with Gasteiger partial charge in [-0.2, -0.15) is 0 Å². The van der Waals surface area contributed by atoms with Gasteiger partial charge in [-0.05, 0) is 12.8 Å². The molecule has 0 bridgehead atoms.